The minimum Gasteiger partial charge on any atom is -0.489 e. The predicted octanol–water partition coefficient (Wildman–Crippen LogP) is 2.14. The van der Waals surface area contributed by atoms with E-state index in [1.165, 1.54) is 0 Å². The van der Waals surface area contributed by atoms with E-state index >= 15 is 0 Å². The van der Waals surface area contributed by atoms with E-state index in [0.29, 0.717) is 24.5 Å². The second-order valence-electron chi connectivity index (χ2n) is 3.83. The van der Waals surface area contributed by atoms with E-state index in [2.05, 4.69) is 5.32 Å². The van der Waals surface area contributed by atoms with E-state index in [1.54, 1.807) is 32.2 Å². The summed E-state index contributed by atoms with van der Waals surface area (Å²) in [4.78, 5) is 0. The number of nitrogens with one attached hydrogen (secondary N) is 1. The first-order valence-electron chi connectivity index (χ1n) is 5.83. The Morgan fingerprint density at radius 2 is 2.06 bits per heavy atom. The molecule has 0 saturated heterocycles. The predicted molar refractivity (Wildman–Crippen MR) is 66.0 cm³/mol. The molecule has 0 radical (unpaired) electrons. The lowest BCUT2D eigenvalue weighted by molar-refractivity contribution is 0.193. The van der Waals surface area contributed by atoms with Crippen LogP contribution >= 0.6 is 0 Å². The highest BCUT2D eigenvalue weighted by Crippen LogP contribution is 2.19. The maximum Gasteiger partial charge on any atom is 0.167 e. The van der Waals surface area contributed by atoms with E-state index in [9.17, 15) is 4.39 Å². The lowest BCUT2D eigenvalue weighted by atomic mass is 10.2. The Morgan fingerprint density at radius 3 is 2.82 bits per heavy atom. The van der Waals surface area contributed by atoms with Gasteiger partial charge >= 0.3 is 0 Å². The molecule has 1 N–H and O–H groups in total. The third-order valence-electron chi connectivity index (χ3n) is 2.39. The summed E-state index contributed by atoms with van der Waals surface area (Å²) < 4.78 is 23.8. The monoisotopic (exact) mass is 241 g/mol. The van der Waals surface area contributed by atoms with Crippen LogP contribution in [0.15, 0.2) is 18.2 Å². The zero-order valence-electron chi connectivity index (χ0n) is 10.5. The second-order valence-corrected chi connectivity index (χ2v) is 3.83. The molecule has 0 amide bonds. The molecule has 0 heterocycles. The minimum absolute atomic E-state index is 0.271. The van der Waals surface area contributed by atoms with E-state index < -0.39 is 0 Å². The molecule has 0 bridgehead atoms. The molecule has 1 aromatic carbocycles. The van der Waals surface area contributed by atoms with Crippen molar-refractivity contribution in [3.8, 4) is 5.75 Å². The Hall–Kier alpha value is -1.13. The van der Waals surface area contributed by atoms with Crippen molar-refractivity contribution in [2.75, 3.05) is 33.4 Å². The fraction of sp³-hybridized carbons (Fsp3) is 0.538. The van der Waals surface area contributed by atoms with Gasteiger partial charge < -0.3 is 14.8 Å². The van der Waals surface area contributed by atoms with Gasteiger partial charge in [-0.1, -0.05) is 12.1 Å². The Morgan fingerprint density at radius 1 is 1.24 bits per heavy atom. The van der Waals surface area contributed by atoms with Crippen molar-refractivity contribution >= 4 is 0 Å². The van der Waals surface area contributed by atoms with Crippen LogP contribution in [0.4, 0.5) is 4.39 Å². The van der Waals surface area contributed by atoms with Gasteiger partial charge in [-0.15, -0.1) is 0 Å². The van der Waals surface area contributed by atoms with Gasteiger partial charge in [-0.3, -0.25) is 0 Å². The smallest absolute Gasteiger partial charge is 0.167 e. The SMILES string of the molecule is COCCCNCCOc1cccc(C)c1F. The second kappa shape index (κ2) is 8.03. The lowest BCUT2D eigenvalue weighted by Crippen LogP contribution is -2.23. The van der Waals surface area contributed by atoms with Crippen molar-refractivity contribution in [2.24, 2.45) is 0 Å². The molecule has 4 heteroatoms. The molecule has 0 unspecified atom stereocenters. The molecule has 0 aromatic heterocycles. The number of ether oxygens (including phenoxy) is 2. The normalized spacial score (nSPS) is 10.5. The zero-order valence-corrected chi connectivity index (χ0v) is 10.5. The average Bonchev–Trinajstić information content (AvgIpc) is 2.33. The molecule has 0 fully saturated rings. The summed E-state index contributed by atoms with van der Waals surface area (Å²) in [5.41, 5.74) is 0.607. The topological polar surface area (TPSA) is 30.5 Å². The number of rotatable bonds is 8. The average molecular weight is 241 g/mol. The summed E-state index contributed by atoms with van der Waals surface area (Å²) in [5.74, 6) is 0.0515. The number of hydrogen-bond donors (Lipinski definition) is 1. The molecule has 0 aliphatic heterocycles. The van der Waals surface area contributed by atoms with Gasteiger partial charge in [0, 0.05) is 20.3 Å². The first-order valence-corrected chi connectivity index (χ1v) is 5.83. The van der Waals surface area contributed by atoms with Crippen molar-refractivity contribution < 1.29 is 13.9 Å². The van der Waals surface area contributed by atoms with Crippen molar-refractivity contribution in [3.05, 3.63) is 29.6 Å². The largest absolute Gasteiger partial charge is 0.489 e. The molecular formula is C13H20FNO2. The van der Waals surface area contributed by atoms with Crippen LogP contribution in [0.2, 0.25) is 0 Å². The summed E-state index contributed by atoms with van der Waals surface area (Å²) in [7, 11) is 1.68. The van der Waals surface area contributed by atoms with Crippen molar-refractivity contribution in [1.29, 1.82) is 0 Å². The molecule has 0 aliphatic carbocycles. The molecular weight excluding hydrogens is 221 g/mol. The van der Waals surface area contributed by atoms with Gasteiger partial charge in [-0.2, -0.15) is 0 Å². The fourth-order valence-corrected chi connectivity index (χ4v) is 1.43. The summed E-state index contributed by atoms with van der Waals surface area (Å²) in [6.07, 6.45) is 0.968. The molecule has 1 aromatic rings. The molecule has 96 valence electrons. The van der Waals surface area contributed by atoms with Crippen molar-refractivity contribution in [3.63, 3.8) is 0 Å². The third kappa shape index (κ3) is 5.15. The number of hydrogen-bond acceptors (Lipinski definition) is 3. The van der Waals surface area contributed by atoms with Gasteiger partial charge in [0.2, 0.25) is 0 Å². The Labute approximate surface area is 102 Å². The van der Waals surface area contributed by atoms with Gasteiger partial charge in [0.15, 0.2) is 11.6 Å². The van der Waals surface area contributed by atoms with Crippen LogP contribution in [0.3, 0.4) is 0 Å². The van der Waals surface area contributed by atoms with E-state index in [1.807, 2.05) is 0 Å². The highest BCUT2D eigenvalue weighted by Gasteiger charge is 2.04. The maximum absolute atomic E-state index is 13.5. The van der Waals surface area contributed by atoms with Gasteiger partial charge in [-0.25, -0.2) is 4.39 Å². The summed E-state index contributed by atoms with van der Waals surface area (Å²) >= 11 is 0. The molecule has 1 rings (SSSR count). The molecule has 0 spiro atoms. The van der Waals surface area contributed by atoms with Gasteiger partial charge in [0.1, 0.15) is 6.61 Å². The van der Waals surface area contributed by atoms with Gasteiger partial charge in [-0.05, 0) is 31.5 Å². The highest BCUT2D eigenvalue weighted by molar-refractivity contribution is 5.29. The number of halogens is 1. The number of benzene rings is 1. The molecule has 0 aliphatic rings. The highest BCUT2D eigenvalue weighted by atomic mass is 19.1. The van der Waals surface area contributed by atoms with Crippen LogP contribution in [0.5, 0.6) is 5.75 Å². The standard InChI is InChI=1S/C13H20FNO2/c1-11-5-3-6-12(13(11)14)17-10-8-15-7-4-9-16-2/h3,5-6,15H,4,7-10H2,1-2H3. The number of aryl methyl sites for hydroxylation is 1. The summed E-state index contributed by atoms with van der Waals surface area (Å²) in [6.45, 7) is 4.53. The van der Waals surface area contributed by atoms with Crippen LogP contribution < -0.4 is 10.1 Å². The molecule has 0 saturated carbocycles. The first-order chi connectivity index (χ1) is 8.25. The van der Waals surface area contributed by atoms with Crippen LogP contribution in [0, 0.1) is 12.7 Å². The molecule has 17 heavy (non-hydrogen) atoms. The first kappa shape index (κ1) is 13.9. The summed E-state index contributed by atoms with van der Waals surface area (Å²) in [6, 6.07) is 5.16. The van der Waals surface area contributed by atoms with Gasteiger partial charge in [0.05, 0.1) is 0 Å². The van der Waals surface area contributed by atoms with Crippen LogP contribution in [-0.4, -0.2) is 33.4 Å². The van der Waals surface area contributed by atoms with Crippen molar-refractivity contribution in [2.45, 2.75) is 13.3 Å². The van der Waals surface area contributed by atoms with Gasteiger partial charge in [0.25, 0.3) is 0 Å². The zero-order chi connectivity index (χ0) is 12.5. The third-order valence-corrected chi connectivity index (χ3v) is 2.39. The Balaban J connectivity index is 2.16. The Bertz CT molecular complexity index is 331. The minimum atomic E-state index is -0.271. The molecule has 3 nitrogen and oxygen atoms in total. The van der Waals surface area contributed by atoms with Crippen LogP contribution in [0.25, 0.3) is 0 Å². The van der Waals surface area contributed by atoms with E-state index in [4.69, 9.17) is 9.47 Å². The number of methoxy groups -OCH3 is 1. The maximum atomic E-state index is 13.5. The molecule has 0 atom stereocenters. The van der Waals surface area contributed by atoms with Crippen molar-refractivity contribution in [1.82, 2.24) is 5.32 Å². The van der Waals surface area contributed by atoms with Crippen LogP contribution in [0.1, 0.15) is 12.0 Å². The van der Waals surface area contributed by atoms with E-state index in [0.717, 1.165) is 19.6 Å². The van der Waals surface area contributed by atoms with Crippen LogP contribution in [-0.2, 0) is 4.74 Å². The Kier molecular flexibility index (Phi) is 6.58. The fourth-order valence-electron chi connectivity index (χ4n) is 1.43. The quantitative estimate of drug-likeness (QED) is 0.707. The lowest BCUT2D eigenvalue weighted by Gasteiger charge is -2.09. The van der Waals surface area contributed by atoms with E-state index in [-0.39, 0.29) is 5.82 Å². The summed E-state index contributed by atoms with van der Waals surface area (Å²) in [5, 5.41) is 3.20.